The monoisotopic (exact) mass is 344 g/mol. The number of aryl methyl sites for hydroxylation is 1. The largest absolute Gasteiger partial charge is 0.449 e. The maximum absolute atomic E-state index is 11.9. The first-order valence-corrected chi connectivity index (χ1v) is 8.51. The Balaban J connectivity index is 1.77. The van der Waals surface area contributed by atoms with E-state index in [1.807, 2.05) is 31.2 Å². The molecule has 2 rings (SSSR count). The van der Waals surface area contributed by atoms with Gasteiger partial charge >= 0.3 is 12.0 Å². The van der Waals surface area contributed by atoms with Crippen molar-refractivity contribution in [3.8, 4) is 0 Å². The van der Waals surface area contributed by atoms with Gasteiger partial charge in [-0.15, -0.1) is 0 Å². The fraction of sp³-hybridized carbons (Fsp3) is 0.421. The molecule has 0 unspecified atom stereocenters. The zero-order chi connectivity index (χ0) is 18.2. The molecule has 6 nitrogen and oxygen atoms in total. The van der Waals surface area contributed by atoms with Crippen molar-refractivity contribution in [1.29, 1.82) is 0 Å². The molecule has 1 aliphatic carbocycles. The van der Waals surface area contributed by atoms with Gasteiger partial charge in [-0.25, -0.2) is 9.59 Å². The van der Waals surface area contributed by atoms with Gasteiger partial charge in [0, 0.05) is 12.1 Å². The molecule has 0 heterocycles. The summed E-state index contributed by atoms with van der Waals surface area (Å²) < 4.78 is 5.02. The van der Waals surface area contributed by atoms with Gasteiger partial charge in [0.05, 0.1) is 0 Å². The van der Waals surface area contributed by atoms with Crippen molar-refractivity contribution in [1.82, 2.24) is 10.6 Å². The highest BCUT2D eigenvalue weighted by Crippen LogP contribution is 2.17. The Morgan fingerprint density at radius 2 is 1.96 bits per heavy atom. The summed E-state index contributed by atoms with van der Waals surface area (Å²) in [5.41, 5.74) is 1.95. The van der Waals surface area contributed by atoms with Crippen LogP contribution in [-0.4, -0.2) is 30.1 Å². The normalized spacial score (nSPS) is 15.8. The van der Waals surface area contributed by atoms with Crippen LogP contribution in [0.1, 0.15) is 43.7 Å². The van der Waals surface area contributed by atoms with E-state index in [9.17, 15) is 14.4 Å². The molecule has 6 heteroatoms. The van der Waals surface area contributed by atoms with Crippen LogP contribution in [-0.2, 0) is 14.3 Å². The first kappa shape index (κ1) is 18.7. The molecule has 3 amide bonds. The summed E-state index contributed by atoms with van der Waals surface area (Å²) in [5.74, 6) is -1.28. The lowest BCUT2D eigenvalue weighted by molar-refractivity contribution is -0.149. The molecule has 0 aromatic heterocycles. The second-order valence-corrected chi connectivity index (χ2v) is 6.27. The number of nitrogens with one attached hydrogen (secondary N) is 2. The number of imide groups is 1. The minimum Gasteiger partial charge on any atom is -0.449 e. The minimum absolute atomic E-state index is 0.114. The molecule has 0 spiro atoms. The standard InChI is InChI=1S/C19H24N2O4/c1-13-6-5-7-15(12-13)10-11-17(22)25-14(2)18(23)21-19(24)20-16-8-3-4-9-16/h5-7,10-12,14,16H,3-4,8-9H2,1-2H3,(H2,20,21,23,24)/b11-10+/t14-/m1/s1. The van der Waals surface area contributed by atoms with Crippen LogP contribution in [0.25, 0.3) is 6.08 Å². The number of rotatable bonds is 5. The summed E-state index contributed by atoms with van der Waals surface area (Å²) in [6.45, 7) is 3.38. The van der Waals surface area contributed by atoms with Crippen molar-refractivity contribution in [3.05, 3.63) is 41.5 Å². The van der Waals surface area contributed by atoms with Crippen LogP contribution in [0.15, 0.2) is 30.3 Å². The van der Waals surface area contributed by atoms with Crippen LogP contribution in [0.2, 0.25) is 0 Å². The van der Waals surface area contributed by atoms with Gasteiger partial charge in [0.2, 0.25) is 0 Å². The molecule has 1 aromatic carbocycles. The van der Waals surface area contributed by atoms with Gasteiger partial charge in [0.25, 0.3) is 5.91 Å². The second kappa shape index (κ2) is 9.01. The van der Waals surface area contributed by atoms with E-state index in [1.165, 1.54) is 13.0 Å². The van der Waals surface area contributed by atoms with Crippen LogP contribution < -0.4 is 10.6 Å². The van der Waals surface area contributed by atoms with Crippen molar-refractivity contribution in [2.24, 2.45) is 0 Å². The van der Waals surface area contributed by atoms with Gasteiger partial charge < -0.3 is 10.1 Å². The van der Waals surface area contributed by atoms with Crippen molar-refractivity contribution in [2.75, 3.05) is 0 Å². The first-order valence-electron chi connectivity index (χ1n) is 8.51. The topological polar surface area (TPSA) is 84.5 Å². The summed E-state index contributed by atoms with van der Waals surface area (Å²) in [7, 11) is 0. The predicted octanol–water partition coefficient (Wildman–Crippen LogP) is 2.71. The van der Waals surface area contributed by atoms with Crippen LogP contribution in [0.5, 0.6) is 0 Å². The molecule has 0 aliphatic heterocycles. The van der Waals surface area contributed by atoms with E-state index in [0.717, 1.165) is 36.8 Å². The van der Waals surface area contributed by atoms with E-state index >= 15 is 0 Å². The van der Waals surface area contributed by atoms with Gasteiger partial charge in [-0.1, -0.05) is 42.7 Å². The number of hydrogen-bond acceptors (Lipinski definition) is 4. The van der Waals surface area contributed by atoms with Gasteiger partial charge in [-0.05, 0) is 38.3 Å². The van der Waals surface area contributed by atoms with Crippen molar-refractivity contribution >= 4 is 24.0 Å². The summed E-state index contributed by atoms with van der Waals surface area (Å²) >= 11 is 0. The fourth-order valence-corrected chi connectivity index (χ4v) is 2.71. The quantitative estimate of drug-likeness (QED) is 0.635. The lowest BCUT2D eigenvalue weighted by Gasteiger charge is -2.15. The molecule has 0 saturated heterocycles. The minimum atomic E-state index is -1.05. The average Bonchev–Trinajstić information content (AvgIpc) is 3.05. The SMILES string of the molecule is Cc1cccc(/C=C/C(=O)O[C@H](C)C(=O)NC(=O)NC2CCCC2)c1. The molecule has 134 valence electrons. The Morgan fingerprint density at radius 3 is 2.64 bits per heavy atom. The third-order valence-electron chi connectivity index (χ3n) is 4.04. The van der Waals surface area contributed by atoms with E-state index in [0.29, 0.717) is 0 Å². The van der Waals surface area contributed by atoms with Gasteiger partial charge in [-0.2, -0.15) is 0 Å². The van der Waals surface area contributed by atoms with Gasteiger partial charge in [0.15, 0.2) is 6.10 Å². The number of esters is 1. The summed E-state index contributed by atoms with van der Waals surface area (Å²) in [5, 5.41) is 4.95. The van der Waals surface area contributed by atoms with E-state index in [-0.39, 0.29) is 6.04 Å². The summed E-state index contributed by atoms with van der Waals surface area (Å²) in [6.07, 6.45) is 5.85. The average molecular weight is 344 g/mol. The molecule has 2 N–H and O–H groups in total. The third kappa shape index (κ3) is 6.41. The number of benzene rings is 1. The number of hydrogen-bond donors (Lipinski definition) is 2. The number of amides is 3. The van der Waals surface area contributed by atoms with Gasteiger partial charge in [0.1, 0.15) is 0 Å². The van der Waals surface area contributed by atoms with Crippen molar-refractivity contribution in [3.63, 3.8) is 0 Å². The highest BCUT2D eigenvalue weighted by atomic mass is 16.5. The first-order chi connectivity index (χ1) is 11.9. The second-order valence-electron chi connectivity index (χ2n) is 6.27. The summed E-state index contributed by atoms with van der Waals surface area (Å²) in [6, 6.07) is 7.20. The van der Waals surface area contributed by atoms with Crippen LogP contribution in [0, 0.1) is 6.92 Å². The smallest absolute Gasteiger partial charge is 0.331 e. The molecule has 1 aliphatic rings. The van der Waals surface area contributed by atoms with Crippen molar-refractivity contribution in [2.45, 2.75) is 51.7 Å². The highest BCUT2D eigenvalue weighted by Gasteiger charge is 2.22. The van der Waals surface area contributed by atoms with E-state index in [1.54, 1.807) is 6.08 Å². The fourth-order valence-electron chi connectivity index (χ4n) is 2.71. The number of carbonyl (C=O) groups is 3. The lowest BCUT2D eigenvalue weighted by atomic mass is 10.1. The number of ether oxygens (including phenoxy) is 1. The molecule has 0 radical (unpaired) electrons. The zero-order valence-corrected chi connectivity index (χ0v) is 14.6. The Hall–Kier alpha value is -2.63. The Kier molecular flexibility index (Phi) is 6.74. The maximum Gasteiger partial charge on any atom is 0.331 e. The third-order valence-corrected chi connectivity index (χ3v) is 4.04. The highest BCUT2D eigenvalue weighted by molar-refractivity contribution is 5.98. The number of carbonyl (C=O) groups excluding carboxylic acids is 3. The van der Waals surface area contributed by atoms with Crippen molar-refractivity contribution < 1.29 is 19.1 Å². The van der Waals surface area contributed by atoms with Crippen LogP contribution in [0.4, 0.5) is 4.79 Å². The van der Waals surface area contributed by atoms with E-state index in [4.69, 9.17) is 4.74 Å². The molecular weight excluding hydrogens is 320 g/mol. The maximum atomic E-state index is 11.9. The number of urea groups is 1. The summed E-state index contributed by atoms with van der Waals surface area (Å²) in [4.78, 5) is 35.4. The van der Waals surface area contributed by atoms with Crippen LogP contribution in [0.3, 0.4) is 0 Å². The lowest BCUT2D eigenvalue weighted by Crippen LogP contribution is -2.47. The van der Waals surface area contributed by atoms with E-state index < -0.39 is 24.0 Å². The Bertz CT molecular complexity index is 663. The Labute approximate surface area is 147 Å². The Morgan fingerprint density at radius 1 is 1.24 bits per heavy atom. The molecule has 1 saturated carbocycles. The molecule has 1 fully saturated rings. The van der Waals surface area contributed by atoms with Gasteiger partial charge in [-0.3, -0.25) is 10.1 Å². The molecule has 1 aromatic rings. The van der Waals surface area contributed by atoms with E-state index in [2.05, 4.69) is 10.6 Å². The molecule has 1 atom stereocenters. The molecule has 0 bridgehead atoms. The predicted molar refractivity (Wildman–Crippen MR) is 94.7 cm³/mol. The molecule has 25 heavy (non-hydrogen) atoms. The molecular formula is C19H24N2O4. The van der Waals surface area contributed by atoms with Crippen LogP contribution >= 0.6 is 0 Å². The zero-order valence-electron chi connectivity index (χ0n) is 14.6.